The van der Waals surface area contributed by atoms with Gasteiger partial charge in [-0.25, -0.2) is 9.67 Å². The van der Waals surface area contributed by atoms with Crippen LogP contribution in [0.15, 0.2) is 48.1 Å². The minimum Gasteiger partial charge on any atom is -0.336 e. The molecule has 1 aliphatic rings. The molecule has 0 aliphatic carbocycles. The molecule has 0 saturated carbocycles. The Morgan fingerprint density at radius 3 is 2.62 bits per heavy atom. The van der Waals surface area contributed by atoms with E-state index in [9.17, 15) is 4.79 Å². The smallest absolute Gasteiger partial charge is 0.257 e. The molecule has 3 heterocycles. The summed E-state index contributed by atoms with van der Waals surface area (Å²) in [6.45, 7) is 6.10. The van der Waals surface area contributed by atoms with Crippen LogP contribution < -0.4 is 0 Å². The minimum absolute atomic E-state index is 0.0522. The van der Waals surface area contributed by atoms with Gasteiger partial charge in [0.05, 0.1) is 28.1 Å². The van der Waals surface area contributed by atoms with Crippen molar-refractivity contribution in [2.24, 2.45) is 0 Å². The molecule has 2 aromatic heterocycles. The summed E-state index contributed by atoms with van der Waals surface area (Å²) in [6, 6.07) is 9.83. The Balaban J connectivity index is 1.36. The maximum Gasteiger partial charge on any atom is 0.257 e. The Bertz CT molecular complexity index is 880. The Kier molecular flexibility index (Phi) is 4.81. The monoisotopic (exact) mass is 367 g/mol. The molecule has 6 nitrogen and oxygen atoms in total. The van der Waals surface area contributed by atoms with Crippen molar-refractivity contribution in [2.75, 3.05) is 26.2 Å². The third-order valence-corrected chi connectivity index (χ3v) is 5.38. The van der Waals surface area contributed by atoms with Gasteiger partial charge in [-0.2, -0.15) is 5.10 Å². The summed E-state index contributed by atoms with van der Waals surface area (Å²) >= 11 is 1.68. The molecule has 134 valence electrons. The van der Waals surface area contributed by atoms with Gasteiger partial charge < -0.3 is 4.90 Å². The van der Waals surface area contributed by atoms with Crippen molar-refractivity contribution in [1.29, 1.82) is 0 Å². The average molecular weight is 367 g/mol. The number of benzene rings is 1. The highest BCUT2D eigenvalue weighted by atomic mass is 32.1. The molecule has 1 fully saturated rings. The molecule has 7 heteroatoms. The molecule has 0 radical (unpaired) electrons. The van der Waals surface area contributed by atoms with Gasteiger partial charge in [-0.15, -0.1) is 11.3 Å². The fraction of sp³-hybridized carbons (Fsp3) is 0.316. The lowest BCUT2D eigenvalue weighted by Crippen LogP contribution is -2.48. The zero-order valence-electron chi connectivity index (χ0n) is 14.7. The number of carbonyl (C=O) groups is 1. The van der Waals surface area contributed by atoms with Crippen molar-refractivity contribution in [3.05, 3.63) is 64.4 Å². The fourth-order valence-electron chi connectivity index (χ4n) is 3.16. The van der Waals surface area contributed by atoms with Crippen molar-refractivity contribution in [1.82, 2.24) is 24.6 Å². The van der Waals surface area contributed by atoms with Gasteiger partial charge in [0.25, 0.3) is 5.91 Å². The van der Waals surface area contributed by atoms with Gasteiger partial charge in [0.2, 0.25) is 0 Å². The van der Waals surface area contributed by atoms with Gasteiger partial charge in [-0.3, -0.25) is 9.69 Å². The predicted molar refractivity (Wildman–Crippen MR) is 102 cm³/mol. The topological polar surface area (TPSA) is 54.3 Å². The average Bonchev–Trinajstić information content (AvgIpc) is 3.32. The van der Waals surface area contributed by atoms with Crippen LogP contribution in [0, 0.1) is 6.92 Å². The van der Waals surface area contributed by atoms with Crippen LogP contribution in [0.5, 0.6) is 0 Å². The molecular weight excluding hydrogens is 346 g/mol. The second-order valence-corrected chi connectivity index (χ2v) is 7.50. The Morgan fingerprint density at radius 1 is 1.15 bits per heavy atom. The Hall–Kier alpha value is -2.51. The summed E-state index contributed by atoms with van der Waals surface area (Å²) in [6.07, 6.45) is 3.46. The van der Waals surface area contributed by atoms with Gasteiger partial charge in [-0.1, -0.05) is 18.2 Å². The number of aromatic nitrogens is 3. The predicted octanol–water partition coefficient (Wildman–Crippen LogP) is 2.60. The zero-order chi connectivity index (χ0) is 17.9. The van der Waals surface area contributed by atoms with Crippen LogP contribution >= 0.6 is 11.3 Å². The van der Waals surface area contributed by atoms with Crippen LogP contribution in [0.2, 0.25) is 0 Å². The van der Waals surface area contributed by atoms with E-state index in [1.54, 1.807) is 22.2 Å². The molecule has 1 saturated heterocycles. The third kappa shape index (κ3) is 3.68. The molecule has 1 aromatic carbocycles. The molecular formula is C19H21N5OS. The molecule has 0 atom stereocenters. The SMILES string of the molecule is Cc1nc(CN2CCN(C(=O)c3cnn(-c4ccccc4)c3)CC2)cs1. The third-order valence-electron chi connectivity index (χ3n) is 4.56. The Labute approximate surface area is 156 Å². The summed E-state index contributed by atoms with van der Waals surface area (Å²) in [5, 5.41) is 7.54. The molecule has 1 amide bonds. The van der Waals surface area contributed by atoms with Gasteiger partial charge >= 0.3 is 0 Å². The number of thiazole rings is 1. The first kappa shape index (κ1) is 16.9. The molecule has 1 aliphatic heterocycles. The highest BCUT2D eigenvalue weighted by Crippen LogP contribution is 2.14. The molecule has 4 rings (SSSR count). The fourth-order valence-corrected chi connectivity index (χ4v) is 3.76. The second-order valence-electron chi connectivity index (χ2n) is 6.44. The number of para-hydroxylation sites is 1. The van der Waals surface area contributed by atoms with E-state index in [1.807, 2.05) is 48.4 Å². The minimum atomic E-state index is 0.0522. The van der Waals surface area contributed by atoms with Gasteiger partial charge in [0, 0.05) is 44.3 Å². The number of piperazine rings is 1. The summed E-state index contributed by atoms with van der Waals surface area (Å²) in [7, 11) is 0. The number of carbonyl (C=O) groups excluding carboxylic acids is 1. The molecule has 0 unspecified atom stereocenters. The molecule has 0 bridgehead atoms. The van der Waals surface area contributed by atoms with E-state index in [-0.39, 0.29) is 5.91 Å². The van der Waals surface area contributed by atoms with Crippen molar-refractivity contribution in [2.45, 2.75) is 13.5 Å². The van der Waals surface area contributed by atoms with E-state index in [4.69, 9.17) is 0 Å². The van der Waals surface area contributed by atoms with E-state index >= 15 is 0 Å². The Morgan fingerprint density at radius 2 is 1.92 bits per heavy atom. The summed E-state index contributed by atoms with van der Waals surface area (Å²) in [4.78, 5) is 21.5. The lowest BCUT2D eigenvalue weighted by atomic mass is 10.2. The highest BCUT2D eigenvalue weighted by molar-refractivity contribution is 7.09. The second kappa shape index (κ2) is 7.39. The first-order chi connectivity index (χ1) is 12.7. The largest absolute Gasteiger partial charge is 0.336 e. The van der Waals surface area contributed by atoms with Gasteiger partial charge in [0.1, 0.15) is 0 Å². The standard InChI is InChI=1S/C19H21N5OS/c1-15-21-17(14-26-15)13-22-7-9-23(10-8-22)19(25)16-11-20-24(12-16)18-5-3-2-4-6-18/h2-6,11-12,14H,7-10,13H2,1H3. The van der Waals surface area contributed by atoms with E-state index in [2.05, 4.69) is 20.4 Å². The summed E-state index contributed by atoms with van der Waals surface area (Å²) in [5.74, 6) is 0.0522. The van der Waals surface area contributed by atoms with Crippen molar-refractivity contribution >= 4 is 17.2 Å². The number of rotatable bonds is 4. The van der Waals surface area contributed by atoms with Crippen LogP contribution in [-0.2, 0) is 6.54 Å². The first-order valence-corrected chi connectivity index (χ1v) is 9.60. The zero-order valence-corrected chi connectivity index (χ0v) is 15.5. The van der Waals surface area contributed by atoms with E-state index in [1.165, 1.54) is 0 Å². The van der Waals surface area contributed by atoms with Crippen LogP contribution in [0.25, 0.3) is 5.69 Å². The lowest BCUT2D eigenvalue weighted by molar-refractivity contribution is 0.0627. The summed E-state index contributed by atoms with van der Waals surface area (Å²) in [5.41, 5.74) is 2.71. The maximum absolute atomic E-state index is 12.8. The number of amides is 1. The van der Waals surface area contributed by atoms with Crippen molar-refractivity contribution in [3.63, 3.8) is 0 Å². The quantitative estimate of drug-likeness (QED) is 0.711. The first-order valence-electron chi connectivity index (χ1n) is 8.72. The maximum atomic E-state index is 12.8. The van der Waals surface area contributed by atoms with Crippen molar-refractivity contribution in [3.8, 4) is 5.69 Å². The number of nitrogens with zero attached hydrogens (tertiary/aromatic N) is 5. The normalized spacial score (nSPS) is 15.3. The summed E-state index contributed by atoms with van der Waals surface area (Å²) < 4.78 is 1.74. The van der Waals surface area contributed by atoms with E-state index < -0.39 is 0 Å². The lowest BCUT2D eigenvalue weighted by Gasteiger charge is -2.34. The number of hydrogen-bond donors (Lipinski definition) is 0. The van der Waals surface area contributed by atoms with Crippen LogP contribution in [0.1, 0.15) is 21.1 Å². The number of hydrogen-bond acceptors (Lipinski definition) is 5. The highest BCUT2D eigenvalue weighted by Gasteiger charge is 2.23. The van der Waals surface area contributed by atoms with Crippen molar-refractivity contribution < 1.29 is 4.79 Å². The van der Waals surface area contributed by atoms with Crippen LogP contribution in [0.4, 0.5) is 0 Å². The van der Waals surface area contributed by atoms with Crippen LogP contribution in [-0.4, -0.2) is 56.7 Å². The molecule has 26 heavy (non-hydrogen) atoms. The molecule has 0 N–H and O–H groups in total. The van der Waals surface area contributed by atoms with E-state index in [0.717, 1.165) is 49.1 Å². The van der Waals surface area contributed by atoms with Gasteiger partial charge in [0.15, 0.2) is 0 Å². The van der Waals surface area contributed by atoms with E-state index in [0.29, 0.717) is 5.56 Å². The van der Waals surface area contributed by atoms with Gasteiger partial charge in [-0.05, 0) is 19.1 Å². The van der Waals surface area contributed by atoms with Crippen LogP contribution in [0.3, 0.4) is 0 Å². The molecule has 3 aromatic rings. The number of aryl methyl sites for hydroxylation is 1. The molecule has 0 spiro atoms.